The number of phenols is 2. The molecule has 0 saturated heterocycles. The number of hydrogen-bond donors (Lipinski definition) is 5. The number of H-pyrrole nitrogens is 3. The number of thioether (sulfide) groups is 5. The van der Waals surface area contributed by atoms with E-state index in [1.165, 1.54) is 178 Å². The lowest BCUT2D eigenvalue weighted by molar-refractivity contribution is -0.385. The highest BCUT2D eigenvalue weighted by Crippen LogP contribution is 2.40. The molecule has 0 saturated carbocycles. The van der Waals surface area contributed by atoms with E-state index in [4.69, 9.17) is 0 Å². The number of Topliss-reactive ketones (excluding diaryl/α,β-unsaturated/α-hetero) is 5. The Morgan fingerprint density at radius 2 is 0.764 bits per heavy atom. The average molecular weight is 1990 g/mol. The Labute approximate surface area is 819 Å². The number of aromatic hydroxyl groups is 2. The second-order valence-electron chi connectivity index (χ2n) is 31.4. The van der Waals surface area contributed by atoms with Crippen LogP contribution in [0.25, 0.3) is 122 Å². The number of rotatable bonds is 30. The van der Waals surface area contributed by atoms with E-state index in [1.807, 2.05) is 85.9 Å². The van der Waals surface area contributed by atoms with Gasteiger partial charge in [-0.25, -0.2) is 19.9 Å². The molecule has 0 aliphatic carbocycles. The molecule has 5 N–H and O–H groups in total. The number of aromatic nitrogens is 13. The number of nitrogens with zero attached hydrogens (tertiary/aromatic N) is 19. The van der Waals surface area contributed by atoms with Crippen LogP contribution in [-0.4, -0.2) is 179 Å². The maximum atomic E-state index is 11.6. The van der Waals surface area contributed by atoms with Crippen LogP contribution in [0.5, 0.6) is 11.5 Å². The standard InChI is InChI=1S/C22H21N5O3S.C19H16N6O3S.C18H13N5O3S2.2C18H15N3O4S/c1-3-7-26-8-6-16-9-15(4-5-20(16)26)17-10-18(12-19(11-17)27(29)30)21-23-22(25-24-21)31-13-14(2)28;1-11(26)10-29-19-21-18(22-23-19)14-6-13(7-16(8-14)25(27)28)12-3-4-17-15(5-12)9-20-24(17)2;1-10(24)8-27-18-20-17(21-22-18)13-4-12(5-14(6-13)23(25)26)11-2-3-16-15(7-11)19-9-28-16;1-11(22)10-26-18-9-17(19-20-18)14-6-13(7-15(8-14)21(24)25)12-2-4-16(23)5-3-12;1-11(22)10-26-18-9-17(19-20-18)14-5-13(6-15(7-14)21(24)25)12-3-2-4-16(23)8-12/h4-6,8-12H,3,7,13H2,1-2H3,(H,23,24,25);3-9H,10H2,1-2H3,(H,21,22,23);2-7,9H,8H2,1H3,(H,20,21,22);2*2-8,23H,9-10H2,1H3. The fourth-order valence-corrected chi connectivity index (χ4v) is 17.9. The van der Waals surface area contributed by atoms with Gasteiger partial charge >= 0.3 is 0 Å². The van der Waals surface area contributed by atoms with Crippen LogP contribution in [0, 0.1) is 50.6 Å². The smallest absolute Gasteiger partial charge is 0.270 e. The highest BCUT2D eigenvalue weighted by Gasteiger charge is 2.26. The van der Waals surface area contributed by atoms with Crippen LogP contribution in [0.1, 0.15) is 71.9 Å². The third-order valence-electron chi connectivity index (χ3n) is 20.5. The van der Waals surface area contributed by atoms with E-state index in [9.17, 15) is 84.8 Å². The van der Waals surface area contributed by atoms with E-state index in [1.54, 1.807) is 58.9 Å². The van der Waals surface area contributed by atoms with Crippen molar-refractivity contribution in [3.05, 3.63) is 280 Å². The van der Waals surface area contributed by atoms with E-state index >= 15 is 0 Å². The van der Waals surface area contributed by atoms with Gasteiger partial charge < -0.3 is 14.8 Å². The van der Waals surface area contributed by atoms with Gasteiger partial charge in [-0.05, 0) is 194 Å². The van der Waals surface area contributed by atoms with Crippen LogP contribution in [-0.2, 0) is 37.6 Å². The number of aromatic amines is 3. The van der Waals surface area contributed by atoms with E-state index in [2.05, 4.69) is 99.8 Å². The molecule has 0 atom stereocenters. The SMILES string of the molecule is CC(=O)CSC1=NN=C(c2cc(-c3ccc(O)cc3)cc([N+](=O)[O-])c2)C1.CC(=O)CSC1=NN=C(c2cc(-c3cccc(O)c3)cc([N+](=O)[O-])c2)C1.CC(=O)CSc1n[nH]c(-c2cc(-c3ccc4c(cnn4C)c3)cc([N+](=O)[O-])c2)n1.CC(=O)CSc1n[nH]c(-c2cc(-c3ccc4scnc4c3)cc([N+](=O)[O-])c2)n1.CCCn1ccc2cc(-c3cc(-c4nc(SCC(C)=O)n[nH]4)cc([N+](=O)[O-])c3)ccc21. The van der Waals surface area contributed by atoms with Gasteiger partial charge in [0.1, 0.15) is 50.5 Å². The van der Waals surface area contributed by atoms with Crippen LogP contribution in [0.3, 0.4) is 0 Å². The second-order valence-corrected chi connectivity index (χ2v) is 37.2. The number of phenolic OH excluding ortho intramolecular Hbond substituents is 2. The third-order valence-corrected chi connectivity index (χ3v) is 26.5. The van der Waals surface area contributed by atoms with Gasteiger partial charge in [0.25, 0.3) is 28.4 Å². The third kappa shape index (κ3) is 26.4. The Morgan fingerprint density at radius 3 is 1.19 bits per heavy atom. The molecule has 10 aromatic carbocycles. The highest BCUT2D eigenvalue weighted by atomic mass is 32.2. The number of ketones is 5. The number of fused-ring (bicyclic) bond motifs is 3. The normalized spacial score (nSPS) is 11.9. The number of aryl methyl sites for hydroxylation is 2. The van der Waals surface area contributed by atoms with E-state index in [0.717, 1.165) is 72.8 Å². The predicted molar refractivity (Wildman–Crippen MR) is 543 cm³/mol. The number of carbonyl (C=O) groups excluding carboxylic acids is 5. The van der Waals surface area contributed by atoms with Crippen LogP contribution >= 0.6 is 70.1 Å². The maximum Gasteiger partial charge on any atom is 0.270 e. The fourth-order valence-electron chi connectivity index (χ4n) is 14.0. The number of nitro benzene ring substituents is 5. The van der Waals surface area contributed by atoms with E-state index < -0.39 is 24.6 Å². The summed E-state index contributed by atoms with van der Waals surface area (Å²) in [5.74, 6) is 3.07. The molecule has 6 aromatic heterocycles. The number of thiazole rings is 1. The Balaban J connectivity index is 0.000000140. The first-order valence-corrected chi connectivity index (χ1v) is 48.1. The van der Waals surface area contributed by atoms with Crippen LogP contribution in [0.15, 0.2) is 254 Å². The van der Waals surface area contributed by atoms with Crippen LogP contribution in [0.2, 0.25) is 0 Å². The van der Waals surface area contributed by atoms with Gasteiger partial charge in [-0.2, -0.15) is 15.3 Å². The summed E-state index contributed by atoms with van der Waals surface area (Å²) in [5, 5.41) is 122. The average Bonchev–Trinajstić information content (AvgIpc) is 1.59. The highest BCUT2D eigenvalue weighted by molar-refractivity contribution is 8.14. The van der Waals surface area contributed by atoms with Crippen molar-refractivity contribution in [1.82, 2.24) is 64.9 Å². The molecule has 45 heteroatoms. The van der Waals surface area contributed by atoms with Crippen molar-refractivity contribution in [2.75, 3.05) is 28.8 Å². The minimum atomic E-state index is -0.461. The molecule has 2 aliphatic heterocycles. The summed E-state index contributed by atoms with van der Waals surface area (Å²) < 4.78 is 5.02. The molecule has 140 heavy (non-hydrogen) atoms. The fraction of sp³-hybridized carbons (Fsp3) is 0.168. The predicted octanol–water partition coefficient (Wildman–Crippen LogP) is 20.6. The largest absolute Gasteiger partial charge is 0.508 e. The van der Waals surface area contributed by atoms with Crippen molar-refractivity contribution in [2.24, 2.45) is 27.5 Å². The topological polar surface area (TPSA) is 551 Å². The quantitative estimate of drug-likeness (QED) is 0.0159. The monoisotopic (exact) mass is 1990 g/mol. The number of nitrogens with one attached hydrogen (secondary N) is 3. The van der Waals surface area contributed by atoms with Crippen molar-refractivity contribution in [3.63, 3.8) is 0 Å². The lowest BCUT2D eigenvalue weighted by atomic mass is 9.99. The second kappa shape index (κ2) is 45.7. The van der Waals surface area contributed by atoms with Gasteiger partial charge in [0.15, 0.2) is 17.5 Å². The molecular weight excluding hydrogens is 1910 g/mol. The summed E-state index contributed by atoms with van der Waals surface area (Å²) in [5.41, 5.74) is 15.9. The zero-order valence-electron chi connectivity index (χ0n) is 75.1. The molecule has 16 aromatic rings. The lowest BCUT2D eigenvalue weighted by Crippen LogP contribution is -2.05. The Kier molecular flexibility index (Phi) is 32.6. The molecule has 8 heterocycles. The van der Waals surface area contributed by atoms with Crippen LogP contribution < -0.4 is 0 Å². The summed E-state index contributed by atoms with van der Waals surface area (Å²) in [7, 11) is 1.86. The van der Waals surface area contributed by atoms with E-state index in [0.29, 0.717) is 134 Å². The number of nitro groups is 5. The van der Waals surface area contributed by atoms with Crippen molar-refractivity contribution < 1.29 is 58.8 Å². The lowest BCUT2D eigenvalue weighted by Gasteiger charge is -2.07. The van der Waals surface area contributed by atoms with Gasteiger partial charge in [0.2, 0.25) is 15.5 Å². The molecule has 0 unspecified atom stereocenters. The van der Waals surface area contributed by atoms with Crippen molar-refractivity contribution in [3.8, 4) is 101 Å². The first-order valence-electron chi connectivity index (χ1n) is 42.3. The Hall–Kier alpha value is -16.1. The van der Waals surface area contributed by atoms with Crippen molar-refractivity contribution in [1.29, 1.82) is 0 Å². The first kappa shape index (κ1) is 99.9. The number of carbonyl (C=O) groups is 5. The Morgan fingerprint density at radius 1 is 0.393 bits per heavy atom. The molecule has 0 bridgehead atoms. The summed E-state index contributed by atoms with van der Waals surface area (Å²) in [6.45, 7) is 10.6. The Bertz CT molecular complexity index is 7670. The summed E-state index contributed by atoms with van der Waals surface area (Å²) in [6.07, 6.45) is 5.73. The van der Waals surface area contributed by atoms with Gasteiger partial charge in [-0.3, -0.25) is 94.5 Å². The van der Waals surface area contributed by atoms with E-state index in [-0.39, 0.29) is 86.1 Å². The molecule has 0 amide bonds. The minimum absolute atomic E-state index is 0.0183. The summed E-state index contributed by atoms with van der Waals surface area (Å²) in [4.78, 5) is 128. The number of benzene rings is 10. The van der Waals surface area contributed by atoms with Crippen LogP contribution in [0.4, 0.5) is 28.4 Å². The molecule has 39 nitrogen and oxygen atoms in total. The molecule has 0 fully saturated rings. The van der Waals surface area contributed by atoms with Gasteiger partial charge in [0.05, 0.1) is 92.2 Å². The van der Waals surface area contributed by atoms with Gasteiger partial charge in [-0.1, -0.05) is 84.7 Å². The molecule has 18 rings (SSSR count). The molecule has 0 radical (unpaired) electrons. The van der Waals surface area contributed by atoms with Gasteiger partial charge in [-0.15, -0.1) is 60.4 Å². The summed E-state index contributed by atoms with van der Waals surface area (Å²) >= 11 is 7.84. The minimum Gasteiger partial charge on any atom is -0.508 e. The zero-order chi connectivity index (χ0) is 99.5. The van der Waals surface area contributed by atoms with Crippen molar-refractivity contribution in [2.45, 2.75) is 82.8 Å². The molecule has 0 spiro atoms. The molecule has 2 aliphatic rings. The zero-order valence-corrected chi connectivity index (χ0v) is 80.0. The van der Waals surface area contributed by atoms with Gasteiger partial charge in [0, 0.05) is 137 Å². The first-order chi connectivity index (χ1) is 67.2. The molecule has 708 valence electrons. The maximum absolute atomic E-state index is 11.6. The number of hydrogen-bond acceptors (Lipinski definition) is 35. The molecular formula is C95H80N22O17S6. The van der Waals surface area contributed by atoms with Crippen molar-refractivity contribution >= 4 is 181 Å². The number of non-ortho nitro benzene ring substituents is 5. The summed E-state index contributed by atoms with van der Waals surface area (Å²) in [6, 6.07) is 56.6.